The number of benzene rings is 3. The summed E-state index contributed by atoms with van der Waals surface area (Å²) in [4.78, 5) is 21.6. The molecule has 1 N–H and O–H groups in total. The minimum absolute atomic E-state index is 0.140. The number of rotatable bonds is 6. The molecular weight excluding hydrogens is 457 g/mol. The second-order valence-electron chi connectivity index (χ2n) is 7.59. The Bertz CT molecular complexity index is 1480. The van der Waals surface area contributed by atoms with Crippen LogP contribution in [0.1, 0.15) is 11.1 Å². The first-order valence-corrected chi connectivity index (χ1v) is 11.7. The van der Waals surface area contributed by atoms with Crippen molar-refractivity contribution < 1.29 is 4.39 Å². The van der Waals surface area contributed by atoms with Gasteiger partial charge in [0.05, 0.1) is 6.54 Å². The Labute approximate surface area is 199 Å². The van der Waals surface area contributed by atoms with Gasteiger partial charge < -0.3 is 4.98 Å². The van der Waals surface area contributed by atoms with Gasteiger partial charge in [-0.1, -0.05) is 90.1 Å². The first kappa shape index (κ1) is 21.5. The Balaban J connectivity index is 1.61. The second-order valence-corrected chi connectivity index (χ2v) is 8.94. The molecule has 0 aliphatic carbocycles. The summed E-state index contributed by atoms with van der Waals surface area (Å²) in [6.45, 7) is 0.391. The van der Waals surface area contributed by atoms with Gasteiger partial charge in [0.15, 0.2) is 5.16 Å². The van der Waals surface area contributed by atoms with Crippen LogP contribution in [0.5, 0.6) is 0 Å². The van der Waals surface area contributed by atoms with Gasteiger partial charge >= 0.3 is 0 Å². The van der Waals surface area contributed by atoms with Crippen LogP contribution in [0.15, 0.2) is 95.0 Å². The Morgan fingerprint density at radius 1 is 1.00 bits per heavy atom. The average molecular weight is 476 g/mol. The number of hydrogen-bond acceptors (Lipinski definition) is 3. The number of halogens is 2. The highest BCUT2D eigenvalue weighted by Gasteiger charge is 2.17. The first-order chi connectivity index (χ1) is 16.1. The lowest BCUT2D eigenvalue weighted by molar-refractivity contribution is 0.627. The van der Waals surface area contributed by atoms with Crippen LogP contribution in [0, 0.1) is 5.82 Å². The molecule has 0 amide bonds. The number of nitrogens with zero attached hydrogens (tertiary/aromatic N) is 2. The molecule has 0 fully saturated rings. The second kappa shape index (κ2) is 9.25. The molecule has 5 aromatic rings. The molecule has 33 heavy (non-hydrogen) atoms. The van der Waals surface area contributed by atoms with Gasteiger partial charge in [0, 0.05) is 22.5 Å². The lowest BCUT2D eigenvalue weighted by Crippen LogP contribution is -2.24. The third-order valence-electron chi connectivity index (χ3n) is 5.39. The molecule has 0 bridgehead atoms. The summed E-state index contributed by atoms with van der Waals surface area (Å²) in [7, 11) is 0. The highest BCUT2D eigenvalue weighted by molar-refractivity contribution is 7.98. The highest BCUT2D eigenvalue weighted by atomic mass is 35.5. The molecule has 3 aromatic carbocycles. The van der Waals surface area contributed by atoms with E-state index in [0.717, 1.165) is 22.3 Å². The molecule has 2 heterocycles. The number of thioether (sulfide) groups is 1. The lowest BCUT2D eigenvalue weighted by Gasteiger charge is -2.13. The van der Waals surface area contributed by atoms with E-state index < -0.39 is 0 Å². The monoisotopic (exact) mass is 475 g/mol. The van der Waals surface area contributed by atoms with Crippen molar-refractivity contribution in [3.63, 3.8) is 0 Å². The molecule has 0 spiro atoms. The molecule has 164 valence electrons. The van der Waals surface area contributed by atoms with Crippen LogP contribution in [-0.4, -0.2) is 14.5 Å². The SMILES string of the molecule is O=c1c2[nH]cc(-c3ccccc3)c2nc(SCc2ccc(F)cc2Cl)n1Cc1ccccc1. The summed E-state index contributed by atoms with van der Waals surface area (Å²) < 4.78 is 15.1. The van der Waals surface area contributed by atoms with Crippen LogP contribution in [-0.2, 0) is 12.3 Å². The van der Waals surface area contributed by atoms with E-state index in [2.05, 4.69) is 4.98 Å². The zero-order valence-corrected chi connectivity index (χ0v) is 19.0. The smallest absolute Gasteiger partial charge is 0.278 e. The summed E-state index contributed by atoms with van der Waals surface area (Å²) in [5.41, 5.74) is 4.58. The van der Waals surface area contributed by atoms with Crippen LogP contribution < -0.4 is 5.56 Å². The third-order valence-corrected chi connectivity index (χ3v) is 6.77. The summed E-state index contributed by atoms with van der Waals surface area (Å²) in [5.74, 6) is 0.0748. The van der Waals surface area contributed by atoms with E-state index in [1.54, 1.807) is 10.6 Å². The number of nitrogens with one attached hydrogen (secondary N) is 1. The molecule has 7 heteroatoms. The Morgan fingerprint density at radius 2 is 1.73 bits per heavy atom. The van der Waals surface area contributed by atoms with Crippen molar-refractivity contribution in [1.82, 2.24) is 14.5 Å². The van der Waals surface area contributed by atoms with Gasteiger partial charge in [0.2, 0.25) is 0 Å². The predicted molar refractivity (Wildman–Crippen MR) is 132 cm³/mol. The Morgan fingerprint density at radius 3 is 2.45 bits per heavy atom. The first-order valence-electron chi connectivity index (χ1n) is 10.4. The van der Waals surface area contributed by atoms with E-state index in [-0.39, 0.29) is 11.4 Å². The van der Waals surface area contributed by atoms with Crippen molar-refractivity contribution in [2.24, 2.45) is 0 Å². The fourth-order valence-corrected chi connectivity index (χ4v) is 5.02. The molecule has 0 saturated heterocycles. The van der Waals surface area contributed by atoms with Crippen molar-refractivity contribution >= 4 is 34.4 Å². The van der Waals surface area contributed by atoms with E-state index in [1.165, 1.54) is 23.9 Å². The normalized spacial score (nSPS) is 11.2. The van der Waals surface area contributed by atoms with Gasteiger partial charge in [-0.15, -0.1) is 0 Å². The van der Waals surface area contributed by atoms with Crippen LogP contribution in [0.2, 0.25) is 5.02 Å². The fraction of sp³-hybridized carbons (Fsp3) is 0.0769. The Hall–Kier alpha value is -3.35. The fourth-order valence-electron chi connectivity index (χ4n) is 3.71. The standard InChI is InChI=1S/C26H19ClFN3OS/c27-22-13-20(28)12-11-19(22)16-33-26-30-23-21(18-9-5-2-6-10-18)14-29-24(23)25(32)31(26)15-17-7-3-1-4-8-17/h1-14,29H,15-16H2. The number of aromatic nitrogens is 3. The predicted octanol–water partition coefficient (Wildman–Crippen LogP) is 6.52. The highest BCUT2D eigenvalue weighted by Crippen LogP contribution is 2.30. The maximum Gasteiger partial charge on any atom is 0.278 e. The van der Waals surface area contributed by atoms with Gasteiger partial charge in [-0.25, -0.2) is 9.37 Å². The molecule has 0 aliphatic heterocycles. The molecule has 0 saturated carbocycles. The molecule has 0 radical (unpaired) electrons. The zero-order valence-electron chi connectivity index (χ0n) is 17.5. The summed E-state index contributed by atoms with van der Waals surface area (Å²) in [5, 5.41) is 0.931. The van der Waals surface area contributed by atoms with Gasteiger partial charge in [0.1, 0.15) is 16.9 Å². The molecule has 4 nitrogen and oxygen atoms in total. The van der Waals surface area contributed by atoms with Crippen LogP contribution >= 0.6 is 23.4 Å². The van der Waals surface area contributed by atoms with Gasteiger partial charge in [-0.3, -0.25) is 9.36 Å². The topological polar surface area (TPSA) is 50.7 Å². The number of H-pyrrole nitrogens is 1. The quantitative estimate of drug-likeness (QED) is 0.224. The van der Waals surface area contributed by atoms with Crippen LogP contribution in [0.3, 0.4) is 0 Å². The molecule has 5 rings (SSSR count). The van der Waals surface area contributed by atoms with Crippen molar-refractivity contribution in [2.75, 3.05) is 0 Å². The number of hydrogen-bond donors (Lipinski definition) is 1. The van der Waals surface area contributed by atoms with Gasteiger partial charge in [-0.05, 0) is 28.8 Å². The summed E-state index contributed by atoms with van der Waals surface area (Å²) >= 11 is 7.64. The molecular formula is C26H19ClFN3OS. The van der Waals surface area contributed by atoms with Crippen molar-refractivity contribution in [3.8, 4) is 11.1 Å². The Kier molecular flexibility index (Phi) is 6.03. The van der Waals surface area contributed by atoms with E-state index in [4.69, 9.17) is 16.6 Å². The summed E-state index contributed by atoms with van der Waals surface area (Å²) in [6.07, 6.45) is 1.83. The van der Waals surface area contributed by atoms with E-state index in [1.807, 2.05) is 66.9 Å². The largest absolute Gasteiger partial charge is 0.355 e. The zero-order chi connectivity index (χ0) is 22.8. The van der Waals surface area contributed by atoms with Crippen LogP contribution in [0.4, 0.5) is 4.39 Å². The molecule has 0 unspecified atom stereocenters. The minimum Gasteiger partial charge on any atom is -0.355 e. The molecule has 0 atom stereocenters. The van der Waals surface area contributed by atoms with Crippen LogP contribution in [0.25, 0.3) is 22.2 Å². The number of aromatic amines is 1. The number of fused-ring (bicyclic) bond motifs is 1. The lowest BCUT2D eigenvalue weighted by atomic mass is 10.1. The van der Waals surface area contributed by atoms with E-state index in [9.17, 15) is 9.18 Å². The van der Waals surface area contributed by atoms with Crippen molar-refractivity contribution in [1.29, 1.82) is 0 Å². The van der Waals surface area contributed by atoms with E-state index >= 15 is 0 Å². The average Bonchev–Trinajstić information content (AvgIpc) is 3.26. The summed E-state index contributed by atoms with van der Waals surface area (Å²) in [6, 6.07) is 24.0. The van der Waals surface area contributed by atoms with Gasteiger partial charge in [0.25, 0.3) is 5.56 Å². The maximum atomic E-state index is 13.5. The molecule has 0 aliphatic rings. The van der Waals surface area contributed by atoms with Crippen molar-refractivity contribution in [2.45, 2.75) is 17.5 Å². The van der Waals surface area contributed by atoms with E-state index in [0.29, 0.717) is 33.5 Å². The molecule has 2 aromatic heterocycles. The third kappa shape index (κ3) is 4.45. The minimum atomic E-state index is -0.380. The van der Waals surface area contributed by atoms with Crippen molar-refractivity contribution in [3.05, 3.63) is 117 Å². The van der Waals surface area contributed by atoms with Gasteiger partial charge in [-0.2, -0.15) is 0 Å². The maximum absolute atomic E-state index is 13.5.